The highest BCUT2D eigenvalue weighted by Crippen LogP contribution is 2.32. The summed E-state index contributed by atoms with van der Waals surface area (Å²) in [7, 11) is 0. The van der Waals surface area contributed by atoms with Crippen LogP contribution in [-0.2, 0) is 32.2 Å². The molecule has 0 radical (unpaired) electrons. The number of aromatic carboxylic acids is 1. The molecule has 5 rings (SSSR count). The fourth-order valence-corrected chi connectivity index (χ4v) is 5.03. The Morgan fingerprint density at radius 1 is 0.946 bits per heavy atom. The molecule has 1 N–H and O–H groups in total. The number of aryl methyl sites for hydroxylation is 1. The lowest BCUT2D eigenvalue weighted by Crippen LogP contribution is -2.16. The van der Waals surface area contributed by atoms with E-state index in [9.17, 15) is 9.59 Å². The molecule has 0 unspecified atom stereocenters. The Kier molecular flexibility index (Phi) is 7.45. The van der Waals surface area contributed by atoms with Crippen molar-refractivity contribution >= 4 is 11.8 Å². The molecule has 3 aromatic carbocycles. The molecular weight excluding hydrogens is 464 g/mol. The van der Waals surface area contributed by atoms with Crippen molar-refractivity contribution in [1.82, 2.24) is 9.55 Å². The molecule has 0 spiro atoms. The van der Waals surface area contributed by atoms with E-state index in [1.807, 2.05) is 55.0 Å². The van der Waals surface area contributed by atoms with Crippen LogP contribution < -0.4 is 4.74 Å². The van der Waals surface area contributed by atoms with E-state index >= 15 is 0 Å². The van der Waals surface area contributed by atoms with Gasteiger partial charge in [-0.25, -0.2) is 9.78 Å². The van der Waals surface area contributed by atoms with Crippen LogP contribution in [0, 0.1) is 0 Å². The van der Waals surface area contributed by atoms with Crippen molar-refractivity contribution in [2.75, 3.05) is 6.61 Å². The minimum atomic E-state index is -0.928. The third-order valence-electron chi connectivity index (χ3n) is 7.00. The Labute approximate surface area is 216 Å². The van der Waals surface area contributed by atoms with E-state index in [-0.39, 0.29) is 11.3 Å². The second-order valence-electron chi connectivity index (χ2n) is 9.44. The number of imidazole rings is 1. The number of fused-ring (bicyclic) bond motifs is 1. The van der Waals surface area contributed by atoms with Crippen molar-refractivity contribution in [2.24, 2.45) is 0 Å². The Balaban J connectivity index is 1.30. The van der Waals surface area contributed by atoms with Gasteiger partial charge in [0.1, 0.15) is 12.4 Å². The number of ether oxygens (including phenoxy) is 1. The number of ketones is 1. The van der Waals surface area contributed by atoms with Gasteiger partial charge in [0.2, 0.25) is 0 Å². The lowest BCUT2D eigenvalue weighted by Gasteiger charge is -2.22. The van der Waals surface area contributed by atoms with Gasteiger partial charge in [-0.3, -0.25) is 4.79 Å². The lowest BCUT2D eigenvalue weighted by molar-refractivity contribution is 0.0696. The van der Waals surface area contributed by atoms with Crippen LogP contribution in [0.3, 0.4) is 0 Å². The Bertz CT molecular complexity index is 1390. The molecule has 0 fully saturated rings. The Morgan fingerprint density at radius 3 is 2.54 bits per heavy atom. The molecule has 0 saturated carbocycles. The molecule has 0 amide bonds. The number of carbonyl (C=O) groups excluding carboxylic acids is 1. The number of carboxylic acid groups (broad SMARTS) is 1. The third kappa shape index (κ3) is 5.80. The van der Waals surface area contributed by atoms with Gasteiger partial charge in [-0.2, -0.15) is 0 Å². The molecule has 188 valence electrons. The van der Waals surface area contributed by atoms with Crippen LogP contribution in [0.5, 0.6) is 5.75 Å². The lowest BCUT2D eigenvalue weighted by atomic mass is 9.85. The maximum Gasteiger partial charge on any atom is 0.335 e. The average molecular weight is 495 g/mol. The topological polar surface area (TPSA) is 81.4 Å². The first-order chi connectivity index (χ1) is 18.1. The van der Waals surface area contributed by atoms with E-state index in [0.29, 0.717) is 19.6 Å². The summed E-state index contributed by atoms with van der Waals surface area (Å²) in [5, 5.41) is 9.17. The van der Waals surface area contributed by atoms with Gasteiger partial charge in [-0.15, -0.1) is 0 Å². The number of hydrogen-bond donors (Lipinski definition) is 1. The van der Waals surface area contributed by atoms with Crippen LogP contribution in [0.1, 0.15) is 61.5 Å². The van der Waals surface area contributed by atoms with Crippen LogP contribution in [0.25, 0.3) is 0 Å². The zero-order chi connectivity index (χ0) is 25.6. The van der Waals surface area contributed by atoms with Gasteiger partial charge in [0.25, 0.3) is 0 Å². The Morgan fingerprint density at radius 2 is 1.76 bits per heavy atom. The molecule has 1 heterocycles. The molecule has 37 heavy (non-hydrogen) atoms. The summed E-state index contributed by atoms with van der Waals surface area (Å²) in [6.07, 6.45) is 8.34. The van der Waals surface area contributed by atoms with Gasteiger partial charge in [-0.05, 0) is 72.2 Å². The van der Waals surface area contributed by atoms with E-state index in [1.54, 1.807) is 12.1 Å². The van der Waals surface area contributed by atoms with Gasteiger partial charge in [0.05, 0.1) is 18.4 Å². The summed E-state index contributed by atoms with van der Waals surface area (Å²) in [4.78, 5) is 28.1. The molecule has 0 saturated heterocycles. The predicted molar refractivity (Wildman–Crippen MR) is 141 cm³/mol. The summed E-state index contributed by atoms with van der Waals surface area (Å²) >= 11 is 0. The van der Waals surface area contributed by atoms with Crippen molar-refractivity contribution in [3.8, 4) is 5.75 Å². The first kappa shape index (κ1) is 24.5. The van der Waals surface area contributed by atoms with Gasteiger partial charge in [-0.1, -0.05) is 42.5 Å². The number of nitrogens with zero attached hydrogens (tertiary/aromatic N) is 2. The fourth-order valence-electron chi connectivity index (χ4n) is 5.03. The quantitative estimate of drug-likeness (QED) is 0.312. The maximum atomic E-state index is 12.6. The van der Waals surface area contributed by atoms with Crippen molar-refractivity contribution in [1.29, 1.82) is 0 Å². The highest BCUT2D eigenvalue weighted by atomic mass is 16.5. The Hall–Kier alpha value is -4.19. The van der Waals surface area contributed by atoms with Crippen LogP contribution in [0.4, 0.5) is 0 Å². The monoisotopic (exact) mass is 494 g/mol. The zero-order valence-electron chi connectivity index (χ0n) is 20.7. The van der Waals surface area contributed by atoms with E-state index in [4.69, 9.17) is 9.84 Å². The van der Waals surface area contributed by atoms with Gasteiger partial charge >= 0.3 is 5.97 Å². The van der Waals surface area contributed by atoms with E-state index in [1.165, 1.54) is 5.56 Å². The normalized spacial score (nSPS) is 12.8. The smallest absolute Gasteiger partial charge is 0.335 e. The summed E-state index contributed by atoms with van der Waals surface area (Å²) < 4.78 is 8.44. The molecule has 1 aromatic heterocycles. The summed E-state index contributed by atoms with van der Waals surface area (Å²) in [6.45, 7) is 1.17. The molecule has 1 aliphatic carbocycles. The number of carbonyl (C=O) groups is 2. The molecular formula is C31H30N2O4. The number of rotatable bonds is 10. The van der Waals surface area contributed by atoms with E-state index < -0.39 is 5.97 Å². The average Bonchev–Trinajstić information content (AvgIpc) is 3.35. The van der Waals surface area contributed by atoms with Crippen molar-refractivity contribution in [2.45, 2.75) is 45.1 Å². The van der Waals surface area contributed by atoms with E-state index in [0.717, 1.165) is 65.8 Å². The molecule has 4 aromatic rings. The van der Waals surface area contributed by atoms with Crippen LogP contribution in [0.2, 0.25) is 0 Å². The molecule has 0 bridgehead atoms. The van der Waals surface area contributed by atoms with Crippen molar-refractivity contribution in [3.63, 3.8) is 0 Å². The predicted octanol–water partition coefficient (Wildman–Crippen LogP) is 5.56. The number of Topliss-reactive ketones (excluding diaryl/α,β-unsaturated/α-hetero) is 1. The van der Waals surface area contributed by atoms with Crippen molar-refractivity contribution < 1.29 is 19.4 Å². The largest absolute Gasteiger partial charge is 0.491 e. The number of hydrogen-bond acceptors (Lipinski definition) is 4. The standard InChI is InChI=1S/C31H30N2O4/c34-29-8-4-7-26-27(29)15-16-30(28(26)14-11-22-9-12-24(13-10-22)31(35)36)37-18-17-33-21-32-20-25(33)19-23-5-2-1-3-6-23/h1-3,5-6,9-10,12-13,15-16,20-21H,4,7-8,11,14,17-19H2,(H,35,36). The minimum absolute atomic E-state index is 0.198. The molecule has 6 nitrogen and oxygen atoms in total. The molecule has 0 atom stereocenters. The van der Waals surface area contributed by atoms with Crippen LogP contribution in [-0.4, -0.2) is 33.0 Å². The van der Waals surface area contributed by atoms with Gasteiger partial charge in [0, 0.05) is 30.3 Å². The third-order valence-corrected chi connectivity index (χ3v) is 7.00. The van der Waals surface area contributed by atoms with Gasteiger partial charge < -0.3 is 14.4 Å². The molecule has 0 aliphatic heterocycles. The number of aromatic nitrogens is 2. The maximum absolute atomic E-state index is 12.6. The number of benzene rings is 3. The van der Waals surface area contributed by atoms with Crippen LogP contribution in [0.15, 0.2) is 79.3 Å². The van der Waals surface area contributed by atoms with Gasteiger partial charge in [0.15, 0.2) is 5.78 Å². The first-order valence-corrected chi connectivity index (χ1v) is 12.7. The second-order valence-corrected chi connectivity index (χ2v) is 9.44. The SMILES string of the molecule is O=C(O)c1ccc(CCc2c(OCCn3cncc3Cc3ccccc3)ccc3c2CCCC3=O)cc1. The minimum Gasteiger partial charge on any atom is -0.491 e. The second kappa shape index (κ2) is 11.2. The molecule has 1 aliphatic rings. The highest BCUT2D eigenvalue weighted by Gasteiger charge is 2.22. The summed E-state index contributed by atoms with van der Waals surface area (Å²) in [6, 6.07) is 21.2. The fraction of sp³-hybridized carbons (Fsp3) is 0.258. The summed E-state index contributed by atoms with van der Waals surface area (Å²) in [5.41, 5.74) is 6.71. The van der Waals surface area contributed by atoms with Crippen molar-refractivity contribution in [3.05, 3.63) is 118 Å². The highest BCUT2D eigenvalue weighted by molar-refractivity contribution is 5.99. The number of carboxylic acids is 1. The van der Waals surface area contributed by atoms with E-state index in [2.05, 4.69) is 21.7 Å². The zero-order valence-corrected chi connectivity index (χ0v) is 20.7. The molecule has 6 heteroatoms. The van der Waals surface area contributed by atoms with Crippen LogP contribution >= 0.6 is 0 Å². The first-order valence-electron chi connectivity index (χ1n) is 12.7. The summed E-state index contributed by atoms with van der Waals surface area (Å²) in [5.74, 6) is 0.0897.